The third kappa shape index (κ3) is 4.79. The lowest BCUT2D eigenvalue weighted by atomic mass is 10.1. The van der Waals surface area contributed by atoms with E-state index in [4.69, 9.17) is 4.74 Å². The lowest BCUT2D eigenvalue weighted by Crippen LogP contribution is -2.55. The molecule has 1 fully saturated rings. The number of esters is 1. The van der Waals surface area contributed by atoms with Crippen LogP contribution in [-0.4, -0.2) is 56.4 Å². The Kier molecular flexibility index (Phi) is 6.36. The van der Waals surface area contributed by atoms with Crippen LogP contribution in [0.15, 0.2) is 77.7 Å². The predicted octanol–water partition coefficient (Wildman–Crippen LogP) is 3.28. The molecule has 3 aromatic carbocycles. The molecule has 0 radical (unpaired) electrons. The van der Waals surface area contributed by atoms with Gasteiger partial charge in [0.25, 0.3) is 0 Å². The van der Waals surface area contributed by atoms with E-state index in [0.29, 0.717) is 26.2 Å². The molecule has 3 aromatic rings. The van der Waals surface area contributed by atoms with Crippen molar-refractivity contribution >= 4 is 26.8 Å². The van der Waals surface area contributed by atoms with Gasteiger partial charge in [-0.2, -0.15) is 4.31 Å². The van der Waals surface area contributed by atoms with Gasteiger partial charge in [-0.05, 0) is 28.5 Å². The third-order valence-electron chi connectivity index (χ3n) is 5.72. The first-order valence-electron chi connectivity index (χ1n) is 10.3. The number of fused-ring (bicyclic) bond motifs is 1. The van der Waals surface area contributed by atoms with Crippen molar-refractivity contribution in [1.29, 1.82) is 0 Å². The lowest BCUT2D eigenvalue weighted by molar-refractivity contribution is -0.142. The second kappa shape index (κ2) is 9.18. The number of hydrogen-bond donors (Lipinski definition) is 0. The van der Waals surface area contributed by atoms with Gasteiger partial charge in [0, 0.05) is 32.2 Å². The zero-order valence-corrected chi connectivity index (χ0v) is 18.3. The standard InChI is InChI=1S/C24H26N2O4S/c1-30-24(27)16-22-18-25(17-19-7-3-2-4-8-19)13-14-26(22)31(28,29)23-12-11-20-9-5-6-10-21(20)15-23/h2-12,15,22H,13-14,16-18H2,1H3. The molecule has 0 spiro atoms. The summed E-state index contributed by atoms with van der Waals surface area (Å²) in [6, 6.07) is 22.4. The number of carbonyl (C=O) groups excluding carboxylic acids is 1. The van der Waals surface area contributed by atoms with E-state index in [0.717, 1.165) is 16.3 Å². The van der Waals surface area contributed by atoms with Gasteiger partial charge < -0.3 is 4.74 Å². The fourth-order valence-electron chi connectivity index (χ4n) is 4.11. The maximum absolute atomic E-state index is 13.5. The molecular weight excluding hydrogens is 412 g/mol. The number of ether oxygens (including phenoxy) is 1. The third-order valence-corrected chi connectivity index (χ3v) is 7.67. The maximum Gasteiger partial charge on any atom is 0.307 e. The Morgan fingerprint density at radius 3 is 2.42 bits per heavy atom. The molecule has 6 nitrogen and oxygen atoms in total. The number of hydrogen-bond acceptors (Lipinski definition) is 5. The Morgan fingerprint density at radius 2 is 1.68 bits per heavy atom. The van der Waals surface area contributed by atoms with E-state index in [1.165, 1.54) is 11.4 Å². The average molecular weight is 439 g/mol. The lowest BCUT2D eigenvalue weighted by Gasteiger charge is -2.40. The van der Waals surface area contributed by atoms with Gasteiger partial charge in [0.2, 0.25) is 10.0 Å². The number of sulfonamides is 1. The summed E-state index contributed by atoms with van der Waals surface area (Å²) < 4.78 is 33.4. The number of rotatable bonds is 6. The topological polar surface area (TPSA) is 66.9 Å². The zero-order valence-electron chi connectivity index (χ0n) is 17.5. The van der Waals surface area contributed by atoms with E-state index in [1.54, 1.807) is 12.1 Å². The van der Waals surface area contributed by atoms with Crippen molar-refractivity contribution in [1.82, 2.24) is 9.21 Å². The number of carbonyl (C=O) groups is 1. The van der Waals surface area contributed by atoms with Gasteiger partial charge in [-0.25, -0.2) is 8.42 Å². The van der Waals surface area contributed by atoms with Crippen LogP contribution in [0.3, 0.4) is 0 Å². The second-order valence-corrected chi connectivity index (χ2v) is 9.67. The Morgan fingerprint density at radius 1 is 0.968 bits per heavy atom. The van der Waals surface area contributed by atoms with Crippen molar-refractivity contribution in [2.75, 3.05) is 26.7 Å². The van der Waals surface area contributed by atoms with Gasteiger partial charge in [-0.3, -0.25) is 9.69 Å². The minimum Gasteiger partial charge on any atom is -0.469 e. The summed E-state index contributed by atoms with van der Waals surface area (Å²) in [5.41, 5.74) is 1.16. The molecule has 0 aliphatic carbocycles. The van der Waals surface area contributed by atoms with Crippen LogP contribution >= 0.6 is 0 Å². The van der Waals surface area contributed by atoms with Crippen LogP contribution in [0.2, 0.25) is 0 Å². The highest BCUT2D eigenvalue weighted by atomic mass is 32.2. The molecule has 31 heavy (non-hydrogen) atoms. The molecule has 0 N–H and O–H groups in total. The van der Waals surface area contributed by atoms with Crippen molar-refractivity contribution in [3.8, 4) is 0 Å². The molecule has 1 unspecified atom stereocenters. The quantitative estimate of drug-likeness (QED) is 0.553. The van der Waals surface area contributed by atoms with Crippen molar-refractivity contribution in [3.63, 3.8) is 0 Å². The Bertz CT molecular complexity index is 1160. The molecule has 1 atom stereocenters. The van der Waals surface area contributed by atoms with Crippen LogP contribution in [0.1, 0.15) is 12.0 Å². The fraction of sp³-hybridized carbons (Fsp3) is 0.292. The van der Waals surface area contributed by atoms with Gasteiger partial charge >= 0.3 is 5.97 Å². The minimum absolute atomic E-state index is 0.0224. The first kappa shape index (κ1) is 21.5. The number of benzene rings is 3. The summed E-state index contributed by atoms with van der Waals surface area (Å²) in [6.45, 7) is 2.10. The van der Waals surface area contributed by atoms with Gasteiger partial charge in [-0.1, -0.05) is 60.7 Å². The average Bonchev–Trinajstić information content (AvgIpc) is 2.79. The Labute approximate surface area is 183 Å². The highest BCUT2D eigenvalue weighted by Crippen LogP contribution is 2.27. The van der Waals surface area contributed by atoms with Crippen molar-refractivity contribution < 1.29 is 17.9 Å². The van der Waals surface area contributed by atoms with Crippen molar-refractivity contribution in [3.05, 3.63) is 78.4 Å². The monoisotopic (exact) mass is 438 g/mol. The van der Waals surface area contributed by atoms with E-state index < -0.39 is 22.0 Å². The van der Waals surface area contributed by atoms with Crippen LogP contribution in [0.5, 0.6) is 0 Å². The Balaban J connectivity index is 1.60. The van der Waals surface area contributed by atoms with Crippen LogP contribution in [0.4, 0.5) is 0 Å². The first-order valence-corrected chi connectivity index (χ1v) is 11.7. The molecular formula is C24H26N2O4S. The van der Waals surface area contributed by atoms with Gasteiger partial charge in [0.1, 0.15) is 0 Å². The van der Waals surface area contributed by atoms with Crippen LogP contribution in [-0.2, 0) is 26.1 Å². The molecule has 162 valence electrons. The van der Waals surface area contributed by atoms with Crippen LogP contribution in [0, 0.1) is 0 Å². The van der Waals surface area contributed by atoms with Gasteiger partial charge in [0.15, 0.2) is 0 Å². The Hall–Kier alpha value is -2.74. The second-order valence-electron chi connectivity index (χ2n) is 7.78. The van der Waals surface area contributed by atoms with Crippen LogP contribution < -0.4 is 0 Å². The summed E-state index contributed by atoms with van der Waals surface area (Å²) in [6.07, 6.45) is 0.0224. The van der Waals surface area contributed by atoms with Crippen molar-refractivity contribution in [2.45, 2.75) is 23.9 Å². The molecule has 1 aliphatic rings. The molecule has 0 aromatic heterocycles. The molecule has 0 saturated carbocycles. The summed E-state index contributed by atoms with van der Waals surface area (Å²) in [7, 11) is -2.43. The van der Waals surface area contributed by atoms with E-state index in [1.807, 2.05) is 60.7 Å². The first-order chi connectivity index (χ1) is 15.0. The maximum atomic E-state index is 13.5. The summed E-state index contributed by atoms with van der Waals surface area (Å²) in [5, 5.41) is 1.86. The normalized spacial score (nSPS) is 18.2. The summed E-state index contributed by atoms with van der Waals surface area (Å²) in [5.74, 6) is -0.412. The largest absolute Gasteiger partial charge is 0.469 e. The highest BCUT2D eigenvalue weighted by Gasteiger charge is 2.37. The molecule has 4 rings (SSSR count). The van der Waals surface area contributed by atoms with E-state index in [-0.39, 0.29) is 11.3 Å². The zero-order chi connectivity index (χ0) is 21.8. The molecule has 7 heteroatoms. The molecule has 0 amide bonds. The van der Waals surface area contributed by atoms with Crippen LogP contribution in [0.25, 0.3) is 10.8 Å². The molecule has 0 bridgehead atoms. The van der Waals surface area contributed by atoms with Crippen molar-refractivity contribution in [2.24, 2.45) is 0 Å². The van der Waals surface area contributed by atoms with E-state index >= 15 is 0 Å². The van der Waals surface area contributed by atoms with E-state index in [9.17, 15) is 13.2 Å². The smallest absolute Gasteiger partial charge is 0.307 e. The number of nitrogens with zero attached hydrogens (tertiary/aromatic N) is 2. The molecule has 1 saturated heterocycles. The number of piperazine rings is 1. The molecule has 1 aliphatic heterocycles. The fourth-order valence-corrected chi connectivity index (χ4v) is 5.75. The van der Waals surface area contributed by atoms with E-state index in [2.05, 4.69) is 4.90 Å². The van der Waals surface area contributed by atoms with Gasteiger partial charge in [0.05, 0.1) is 18.4 Å². The van der Waals surface area contributed by atoms with Gasteiger partial charge in [-0.15, -0.1) is 0 Å². The predicted molar refractivity (Wildman–Crippen MR) is 120 cm³/mol. The highest BCUT2D eigenvalue weighted by molar-refractivity contribution is 7.89. The number of methoxy groups -OCH3 is 1. The summed E-state index contributed by atoms with van der Waals surface area (Å²) in [4.78, 5) is 14.5. The SMILES string of the molecule is COC(=O)CC1CN(Cc2ccccc2)CCN1S(=O)(=O)c1ccc2ccccc2c1. The summed E-state index contributed by atoms with van der Waals surface area (Å²) >= 11 is 0. The molecule has 1 heterocycles. The minimum atomic E-state index is -3.75.